The molecular formula is C29H33FO6. The molecule has 0 N–H and O–H groups in total. The largest absolute Gasteiger partial charge is 0.462 e. The average molecular weight is 497 g/mol. The Kier molecular flexibility index (Phi) is 10.1. The van der Waals surface area contributed by atoms with Gasteiger partial charge in [0.25, 0.3) is 0 Å². The smallest absolute Gasteiger partial charge is 0.338 e. The Morgan fingerprint density at radius 3 is 1.89 bits per heavy atom. The zero-order chi connectivity index (χ0) is 27.0. The average Bonchev–Trinajstić information content (AvgIpc) is 2.82. The molecule has 1 unspecified atom stereocenters. The summed E-state index contributed by atoms with van der Waals surface area (Å²) in [5.74, 6) is -2.27. The lowest BCUT2D eigenvalue weighted by atomic mass is 9.88. The zero-order valence-electron chi connectivity index (χ0n) is 21.3. The maximum atomic E-state index is 14.9. The minimum atomic E-state index is -0.578. The molecule has 0 aliphatic heterocycles. The van der Waals surface area contributed by atoms with Gasteiger partial charge in [0, 0.05) is 34.6 Å². The van der Waals surface area contributed by atoms with Crippen LogP contribution in [0.1, 0.15) is 45.2 Å². The van der Waals surface area contributed by atoms with Crippen molar-refractivity contribution in [2.45, 2.75) is 40.5 Å². The molecule has 0 spiro atoms. The third kappa shape index (κ3) is 8.18. The van der Waals surface area contributed by atoms with E-state index in [9.17, 15) is 18.8 Å². The molecule has 0 aromatic heterocycles. The van der Waals surface area contributed by atoms with E-state index in [2.05, 4.69) is 19.7 Å². The van der Waals surface area contributed by atoms with E-state index in [0.717, 1.165) is 5.56 Å². The molecule has 0 fully saturated rings. The van der Waals surface area contributed by atoms with Gasteiger partial charge in [-0.15, -0.1) is 0 Å². The molecule has 0 bridgehead atoms. The van der Waals surface area contributed by atoms with Gasteiger partial charge in [-0.25, -0.2) is 18.8 Å². The van der Waals surface area contributed by atoms with Crippen molar-refractivity contribution in [1.29, 1.82) is 0 Å². The summed E-state index contributed by atoms with van der Waals surface area (Å²) < 4.78 is 30.7. The van der Waals surface area contributed by atoms with Crippen molar-refractivity contribution in [2.24, 2.45) is 11.8 Å². The summed E-state index contributed by atoms with van der Waals surface area (Å²) in [5, 5.41) is 0. The Bertz CT molecular complexity index is 1090. The van der Waals surface area contributed by atoms with Crippen molar-refractivity contribution in [3.05, 3.63) is 89.5 Å². The highest BCUT2D eigenvalue weighted by molar-refractivity contribution is 5.88. The fourth-order valence-electron chi connectivity index (χ4n) is 3.41. The molecule has 1 atom stereocenters. The molecule has 0 heterocycles. The molecule has 0 radical (unpaired) electrons. The lowest BCUT2D eigenvalue weighted by Gasteiger charge is -2.23. The van der Waals surface area contributed by atoms with Crippen molar-refractivity contribution in [3.63, 3.8) is 0 Å². The van der Waals surface area contributed by atoms with Crippen LogP contribution in [0.3, 0.4) is 0 Å². The minimum Gasteiger partial charge on any atom is -0.462 e. The number of allylic oxidation sites excluding steroid dienone is 4. The molecule has 6 nitrogen and oxygen atoms in total. The molecule has 1 aliphatic carbocycles. The van der Waals surface area contributed by atoms with Crippen LogP contribution in [0.5, 0.6) is 0 Å². The molecule has 36 heavy (non-hydrogen) atoms. The minimum absolute atomic E-state index is 0.0463. The molecule has 1 aromatic carbocycles. The summed E-state index contributed by atoms with van der Waals surface area (Å²) in [4.78, 5) is 35.4. The first-order valence-corrected chi connectivity index (χ1v) is 11.6. The summed E-state index contributed by atoms with van der Waals surface area (Å²) >= 11 is 0. The number of halogens is 1. The van der Waals surface area contributed by atoms with E-state index >= 15 is 0 Å². The van der Waals surface area contributed by atoms with E-state index in [1.165, 1.54) is 13.0 Å². The topological polar surface area (TPSA) is 78.9 Å². The zero-order valence-corrected chi connectivity index (χ0v) is 21.3. The summed E-state index contributed by atoms with van der Waals surface area (Å²) in [5.41, 5.74) is 2.94. The van der Waals surface area contributed by atoms with Crippen LogP contribution in [0.4, 0.5) is 4.39 Å². The Labute approximate surface area is 211 Å². The Balaban J connectivity index is 2.15. The molecular weight excluding hydrogens is 463 g/mol. The van der Waals surface area contributed by atoms with Crippen molar-refractivity contribution in [2.75, 3.05) is 13.2 Å². The number of ether oxygens (including phenoxy) is 3. The van der Waals surface area contributed by atoms with Crippen LogP contribution >= 0.6 is 0 Å². The van der Waals surface area contributed by atoms with Gasteiger partial charge in [-0.2, -0.15) is 0 Å². The van der Waals surface area contributed by atoms with E-state index in [1.54, 1.807) is 13.8 Å². The van der Waals surface area contributed by atoms with E-state index in [1.807, 2.05) is 31.2 Å². The predicted molar refractivity (Wildman–Crippen MR) is 136 cm³/mol. The fourth-order valence-corrected chi connectivity index (χ4v) is 3.41. The van der Waals surface area contributed by atoms with E-state index in [4.69, 9.17) is 14.2 Å². The van der Waals surface area contributed by atoms with Gasteiger partial charge in [-0.1, -0.05) is 50.9 Å². The predicted octanol–water partition coefficient (Wildman–Crippen LogP) is 5.81. The van der Waals surface area contributed by atoms with Crippen LogP contribution in [0.15, 0.2) is 78.4 Å². The van der Waals surface area contributed by atoms with E-state index in [-0.39, 0.29) is 47.5 Å². The third-order valence-corrected chi connectivity index (χ3v) is 5.54. The summed E-state index contributed by atoms with van der Waals surface area (Å²) in [6, 6.07) is 7.34. The number of carbonyl (C=O) groups is 3. The van der Waals surface area contributed by atoms with Gasteiger partial charge >= 0.3 is 17.9 Å². The van der Waals surface area contributed by atoms with Crippen molar-refractivity contribution < 1.29 is 33.0 Å². The van der Waals surface area contributed by atoms with Crippen molar-refractivity contribution in [3.8, 4) is 0 Å². The van der Waals surface area contributed by atoms with Crippen LogP contribution < -0.4 is 0 Å². The van der Waals surface area contributed by atoms with Crippen LogP contribution in [0.25, 0.3) is 5.57 Å². The SMILES string of the molecule is C=C(C)C(=O)OCC(COC(=O)C(=C)C)Cc1ccc(C2=C(F)C=C(OC(=O)C(=C)C)C(C)C2)cc1. The molecule has 1 aliphatic rings. The summed E-state index contributed by atoms with van der Waals surface area (Å²) in [6.07, 6.45) is 2.09. The van der Waals surface area contributed by atoms with Crippen LogP contribution in [0.2, 0.25) is 0 Å². The molecule has 0 saturated heterocycles. The molecule has 192 valence electrons. The van der Waals surface area contributed by atoms with Gasteiger partial charge in [0.05, 0.1) is 13.2 Å². The molecule has 0 amide bonds. The first kappa shape index (κ1) is 28.5. The second kappa shape index (κ2) is 12.8. The second-order valence-corrected chi connectivity index (χ2v) is 9.17. The number of hydrogen-bond acceptors (Lipinski definition) is 6. The van der Waals surface area contributed by atoms with Gasteiger partial charge in [-0.05, 0) is 50.3 Å². The first-order chi connectivity index (χ1) is 16.9. The summed E-state index contributed by atoms with van der Waals surface area (Å²) in [7, 11) is 0. The van der Waals surface area contributed by atoms with Gasteiger partial charge in [0.15, 0.2) is 0 Å². The van der Waals surface area contributed by atoms with Crippen molar-refractivity contribution >= 4 is 23.5 Å². The third-order valence-electron chi connectivity index (χ3n) is 5.54. The highest BCUT2D eigenvalue weighted by atomic mass is 19.1. The maximum Gasteiger partial charge on any atom is 0.338 e. The molecule has 7 heteroatoms. The van der Waals surface area contributed by atoms with Crippen LogP contribution in [-0.2, 0) is 35.0 Å². The maximum absolute atomic E-state index is 14.9. The molecule has 2 rings (SSSR count). The number of esters is 3. The van der Waals surface area contributed by atoms with Crippen LogP contribution in [-0.4, -0.2) is 31.1 Å². The van der Waals surface area contributed by atoms with Gasteiger partial charge in [0.2, 0.25) is 0 Å². The van der Waals surface area contributed by atoms with Gasteiger partial charge in [-0.3, -0.25) is 0 Å². The Hall–Kier alpha value is -3.74. The van der Waals surface area contributed by atoms with Crippen molar-refractivity contribution in [1.82, 2.24) is 0 Å². The van der Waals surface area contributed by atoms with Gasteiger partial charge < -0.3 is 14.2 Å². The first-order valence-electron chi connectivity index (χ1n) is 11.6. The van der Waals surface area contributed by atoms with E-state index < -0.39 is 23.7 Å². The highest BCUT2D eigenvalue weighted by Gasteiger charge is 2.25. The Morgan fingerprint density at radius 2 is 1.42 bits per heavy atom. The van der Waals surface area contributed by atoms with Gasteiger partial charge in [0.1, 0.15) is 11.6 Å². The molecule has 0 saturated carbocycles. The fraction of sp³-hybridized carbons (Fsp3) is 0.345. The normalized spacial score (nSPS) is 15.2. The number of rotatable bonds is 11. The second-order valence-electron chi connectivity index (χ2n) is 9.17. The van der Waals surface area contributed by atoms with Crippen LogP contribution in [0, 0.1) is 11.8 Å². The molecule has 1 aromatic rings. The summed E-state index contributed by atoms with van der Waals surface area (Å²) in [6.45, 7) is 17.3. The quantitative estimate of drug-likeness (QED) is 0.219. The number of hydrogen-bond donors (Lipinski definition) is 0. The number of carbonyl (C=O) groups excluding carboxylic acids is 3. The lowest BCUT2D eigenvalue weighted by Crippen LogP contribution is -2.23. The standard InChI is InChI=1S/C29H33FO6/c1-17(2)27(31)34-15-22(16-35-28(32)18(3)4)13-21-8-10-23(11-9-21)24-12-20(7)26(14-25(24)30)36-29(33)19(5)6/h8-11,14,20,22H,1,3,5,12-13,15-16H2,2,4,6-7H3. The lowest BCUT2D eigenvalue weighted by molar-refractivity contribution is -0.144. The number of benzene rings is 1. The monoisotopic (exact) mass is 496 g/mol. The van der Waals surface area contributed by atoms with E-state index in [0.29, 0.717) is 24.0 Å². The highest BCUT2D eigenvalue weighted by Crippen LogP contribution is 2.36. The Morgan fingerprint density at radius 1 is 0.917 bits per heavy atom.